The first kappa shape index (κ1) is 15.8. The number of aliphatic hydroxyl groups excluding tert-OH is 1. The average Bonchev–Trinajstić information content (AvgIpc) is 2.69. The normalized spacial score (nSPS) is 19.5. The minimum atomic E-state index is -0.123. The highest BCUT2D eigenvalue weighted by Gasteiger charge is 2.16. The van der Waals surface area contributed by atoms with Crippen LogP contribution in [0.1, 0.15) is 24.5 Å². The maximum Gasteiger partial charge on any atom is 0.123 e. The molecule has 0 spiro atoms. The summed E-state index contributed by atoms with van der Waals surface area (Å²) in [7, 11) is 1.69. The Labute approximate surface area is 126 Å². The van der Waals surface area contributed by atoms with Crippen LogP contribution in [-0.2, 0) is 11.3 Å². The summed E-state index contributed by atoms with van der Waals surface area (Å²) in [6.45, 7) is 5.60. The molecule has 1 heterocycles. The van der Waals surface area contributed by atoms with Gasteiger partial charge in [0.05, 0.1) is 13.2 Å². The molecule has 114 valence electrons. The summed E-state index contributed by atoms with van der Waals surface area (Å²) in [5, 5.41) is 8.80. The maximum absolute atomic E-state index is 8.80. The molecule has 21 heavy (non-hydrogen) atoms. The molecule has 4 heteroatoms. The lowest BCUT2D eigenvalue weighted by Gasteiger charge is -2.23. The molecular weight excluding hydrogens is 266 g/mol. The third kappa shape index (κ3) is 4.75. The van der Waals surface area contributed by atoms with Gasteiger partial charge in [-0.25, -0.2) is 0 Å². The Kier molecular flexibility index (Phi) is 6.06. The standard InChI is InChI=1S/C17H23NO3/c1-14-12-18(8-4-10-21-14)13-16-11-15(5-3-9-19)6-7-17(16)20-2/h6-7,11,14,19H,4,8-10,12-13H2,1-2H3. The monoisotopic (exact) mass is 289 g/mol. The van der Waals surface area contributed by atoms with E-state index in [9.17, 15) is 0 Å². The second-order valence-corrected chi connectivity index (χ2v) is 5.26. The lowest BCUT2D eigenvalue weighted by atomic mass is 10.1. The number of aliphatic hydroxyl groups is 1. The molecule has 0 amide bonds. The molecule has 4 nitrogen and oxygen atoms in total. The summed E-state index contributed by atoms with van der Waals surface area (Å²) in [4.78, 5) is 2.39. The predicted molar refractivity (Wildman–Crippen MR) is 82.3 cm³/mol. The number of ether oxygens (including phenoxy) is 2. The fourth-order valence-corrected chi connectivity index (χ4v) is 2.59. The first-order chi connectivity index (χ1) is 10.2. The van der Waals surface area contributed by atoms with Crippen LogP contribution >= 0.6 is 0 Å². The van der Waals surface area contributed by atoms with Crippen molar-refractivity contribution in [1.29, 1.82) is 0 Å². The zero-order valence-corrected chi connectivity index (χ0v) is 12.8. The Morgan fingerprint density at radius 3 is 3.10 bits per heavy atom. The summed E-state index contributed by atoms with van der Waals surface area (Å²) in [6.07, 6.45) is 1.31. The van der Waals surface area contributed by atoms with E-state index in [0.29, 0.717) is 0 Å². The van der Waals surface area contributed by atoms with Crippen molar-refractivity contribution in [1.82, 2.24) is 4.90 Å². The summed E-state index contributed by atoms with van der Waals surface area (Å²) in [6, 6.07) is 5.89. The van der Waals surface area contributed by atoms with Gasteiger partial charge in [0.2, 0.25) is 0 Å². The van der Waals surface area contributed by atoms with E-state index in [4.69, 9.17) is 14.6 Å². The van der Waals surface area contributed by atoms with Gasteiger partial charge >= 0.3 is 0 Å². The fraction of sp³-hybridized carbons (Fsp3) is 0.529. The highest BCUT2D eigenvalue weighted by atomic mass is 16.5. The van der Waals surface area contributed by atoms with Crippen molar-refractivity contribution in [3.8, 4) is 17.6 Å². The van der Waals surface area contributed by atoms with Crippen LogP contribution in [0.2, 0.25) is 0 Å². The van der Waals surface area contributed by atoms with Gasteiger partial charge in [0.1, 0.15) is 12.4 Å². The van der Waals surface area contributed by atoms with Crippen molar-refractivity contribution in [2.24, 2.45) is 0 Å². The number of hydrogen-bond acceptors (Lipinski definition) is 4. The molecule has 1 atom stereocenters. The Morgan fingerprint density at radius 1 is 1.48 bits per heavy atom. The van der Waals surface area contributed by atoms with Crippen LogP contribution < -0.4 is 4.74 Å². The van der Waals surface area contributed by atoms with Gasteiger partial charge in [-0.15, -0.1) is 0 Å². The van der Waals surface area contributed by atoms with E-state index in [0.717, 1.165) is 49.5 Å². The topological polar surface area (TPSA) is 41.9 Å². The van der Waals surface area contributed by atoms with Crippen molar-refractivity contribution in [2.45, 2.75) is 26.0 Å². The van der Waals surface area contributed by atoms with Crippen LogP contribution in [0.5, 0.6) is 5.75 Å². The third-order valence-corrected chi connectivity index (χ3v) is 3.52. The van der Waals surface area contributed by atoms with E-state index in [2.05, 4.69) is 23.7 Å². The molecule has 0 bridgehead atoms. The average molecular weight is 289 g/mol. The van der Waals surface area contributed by atoms with Gasteiger partial charge in [-0.2, -0.15) is 0 Å². The molecule has 0 aliphatic carbocycles. The molecular formula is C17H23NO3. The van der Waals surface area contributed by atoms with Crippen molar-refractivity contribution >= 4 is 0 Å². The summed E-state index contributed by atoms with van der Waals surface area (Å²) < 4.78 is 11.1. The Balaban J connectivity index is 2.16. The highest BCUT2D eigenvalue weighted by molar-refractivity contribution is 5.44. The first-order valence-electron chi connectivity index (χ1n) is 7.33. The van der Waals surface area contributed by atoms with Gasteiger partial charge in [-0.1, -0.05) is 11.8 Å². The quantitative estimate of drug-likeness (QED) is 0.859. The van der Waals surface area contributed by atoms with Crippen LogP contribution in [-0.4, -0.2) is 49.5 Å². The molecule has 1 unspecified atom stereocenters. The largest absolute Gasteiger partial charge is 0.496 e. The predicted octanol–water partition coefficient (Wildman–Crippen LogP) is 1.65. The van der Waals surface area contributed by atoms with E-state index in [1.54, 1.807) is 7.11 Å². The SMILES string of the molecule is COc1ccc(C#CCO)cc1CN1CCCOC(C)C1. The molecule has 2 rings (SSSR count). The number of rotatable bonds is 3. The summed E-state index contributed by atoms with van der Waals surface area (Å²) >= 11 is 0. The second-order valence-electron chi connectivity index (χ2n) is 5.26. The lowest BCUT2D eigenvalue weighted by Crippen LogP contribution is -2.30. The van der Waals surface area contributed by atoms with E-state index < -0.39 is 0 Å². The van der Waals surface area contributed by atoms with E-state index in [1.807, 2.05) is 18.2 Å². The molecule has 1 N–H and O–H groups in total. The molecule has 0 radical (unpaired) electrons. The van der Waals surface area contributed by atoms with Crippen molar-refractivity contribution in [2.75, 3.05) is 33.4 Å². The fourth-order valence-electron chi connectivity index (χ4n) is 2.59. The summed E-state index contributed by atoms with van der Waals surface area (Å²) in [5.74, 6) is 6.50. The molecule has 1 aliphatic rings. The van der Waals surface area contributed by atoms with Crippen molar-refractivity contribution < 1.29 is 14.6 Å². The van der Waals surface area contributed by atoms with Crippen molar-refractivity contribution in [3.63, 3.8) is 0 Å². The lowest BCUT2D eigenvalue weighted by molar-refractivity contribution is 0.0667. The number of nitrogens with zero attached hydrogens (tertiary/aromatic N) is 1. The zero-order chi connectivity index (χ0) is 15.1. The van der Waals surface area contributed by atoms with Gasteiger partial charge in [-0.05, 0) is 31.5 Å². The molecule has 1 aromatic carbocycles. The third-order valence-electron chi connectivity index (χ3n) is 3.52. The smallest absolute Gasteiger partial charge is 0.123 e. The zero-order valence-electron chi connectivity index (χ0n) is 12.8. The highest BCUT2D eigenvalue weighted by Crippen LogP contribution is 2.22. The van der Waals surface area contributed by atoms with Gasteiger partial charge in [0.25, 0.3) is 0 Å². The van der Waals surface area contributed by atoms with E-state index in [1.165, 1.54) is 0 Å². The van der Waals surface area contributed by atoms with Crippen LogP contribution in [0.25, 0.3) is 0 Å². The van der Waals surface area contributed by atoms with Crippen LogP contribution in [0, 0.1) is 11.8 Å². The molecule has 1 saturated heterocycles. The van der Waals surface area contributed by atoms with Crippen molar-refractivity contribution in [3.05, 3.63) is 29.3 Å². The van der Waals surface area contributed by atoms with Gasteiger partial charge < -0.3 is 14.6 Å². The summed E-state index contributed by atoms with van der Waals surface area (Å²) in [5.41, 5.74) is 2.02. The Hall–Kier alpha value is -1.54. The Morgan fingerprint density at radius 2 is 2.33 bits per heavy atom. The molecule has 0 saturated carbocycles. The van der Waals surface area contributed by atoms with E-state index in [-0.39, 0.29) is 12.7 Å². The maximum atomic E-state index is 8.80. The van der Waals surface area contributed by atoms with E-state index >= 15 is 0 Å². The molecule has 1 aromatic rings. The van der Waals surface area contributed by atoms with Gasteiger partial charge in [0.15, 0.2) is 0 Å². The molecule has 1 fully saturated rings. The van der Waals surface area contributed by atoms with Crippen LogP contribution in [0.4, 0.5) is 0 Å². The van der Waals surface area contributed by atoms with Crippen LogP contribution in [0.3, 0.4) is 0 Å². The minimum absolute atomic E-state index is 0.123. The Bertz CT molecular complexity index is 519. The number of hydrogen-bond donors (Lipinski definition) is 1. The van der Waals surface area contributed by atoms with Gasteiger partial charge in [-0.3, -0.25) is 4.90 Å². The van der Waals surface area contributed by atoms with Crippen LogP contribution in [0.15, 0.2) is 18.2 Å². The molecule has 1 aliphatic heterocycles. The number of benzene rings is 1. The van der Waals surface area contributed by atoms with Gasteiger partial charge in [0, 0.05) is 37.4 Å². The second kappa shape index (κ2) is 8.04. The first-order valence-corrected chi connectivity index (χ1v) is 7.33. The number of methoxy groups -OCH3 is 1. The minimum Gasteiger partial charge on any atom is -0.496 e. The molecule has 0 aromatic heterocycles.